The number of aliphatic hydroxyl groups excluding tert-OH is 1. The zero-order valence-electron chi connectivity index (χ0n) is 14.2. The first-order valence-corrected chi connectivity index (χ1v) is 8.44. The molecule has 1 atom stereocenters. The lowest BCUT2D eigenvalue weighted by Crippen LogP contribution is -2.01. The van der Waals surface area contributed by atoms with E-state index in [1.54, 1.807) is 0 Å². The van der Waals surface area contributed by atoms with Gasteiger partial charge in [-0.3, -0.25) is 4.79 Å². The number of esters is 1. The van der Waals surface area contributed by atoms with Crippen molar-refractivity contribution in [2.45, 2.75) is 70.8 Å². The van der Waals surface area contributed by atoms with Gasteiger partial charge in [0.2, 0.25) is 0 Å². The van der Waals surface area contributed by atoms with Gasteiger partial charge in [0.15, 0.2) is 0 Å². The van der Waals surface area contributed by atoms with Gasteiger partial charge in [-0.2, -0.15) is 0 Å². The minimum absolute atomic E-state index is 0.126. The van der Waals surface area contributed by atoms with Crippen LogP contribution in [0, 0.1) is 0 Å². The van der Waals surface area contributed by atoms with Crippen LogP contribution in [0.15, 0.2) is 36.5 Å². The monoisotopic (exact) mass is 308 g/mol. The second-order valence-electron chi connectivity index (χ2n) is 5.38. The van der Waals surface area contributed by atoms with Crippen LogP contribution in [0.4, 0.5) is 0 Å². The van der Waals surface area contributed by atoms with E-state index in [2.05, 4.69) is 29.9 Å². The Hall–Kier alpha value is -1.35. The zero-order chi connectivity index (χ0) is 16.5. The smallest absolute Gasteiger partial charge is 0.305 e. The normalized spacial score (nSPS) is 13.4. The van der Waals surface area contributed by atoms with Crippen LogP contribution in [0.2, 0.25) is 0 Å². The van der Waals surface area contributed by atoms with E-state index in [-0.39, 0.29) is 12.1 Å². The third-order valence-electron chi connectivity index (χ3n) is 3.36. The second kappa shape index (κ2) is 16.0. The molecule has 0 spiro atoms. The summed E-state index contributed by atoms with van der Waals surface area (Å²) < 4.78 is 4.59. The van der Waals surface area contributed by atoms with Crippen molar-refractivity contribution in [2.75, 3.05) is 7.11 Å². The quantitative estimate of drug-likeness (QED) is 0.232. The van der Waals surface area contributed by atoms with Crippen LogP contribution < -0.4 is 0 Å². The highest BCUT2D eigenvalue weighted by molar-refractivity contribution is 5.68. The lowest BCUT2D eigenvalue weighted by atomic mass is 10.1. The first-order chi connectivity index (χ1) is 10.7. The Morgan fingerprint density at radius 2 is 1.77 bits per heavy atom. The third kappa shape index (κ3) is 15.0. The van der Waals surface area contributed by atoms with Gasteiger partial charge in [-0.05, 0) is 25.7 Å². The van der Waals surface area contributed by atoms with E-state index in [1.165, 1.54) is 7.11 Å². The maximum absolute atomic E-state index is 10.9. The fraction of sp³-hybridized carbons (Fsp3) is 0.632. The minimum atomic E-state index is -0.356. The number of unbranched alkanes of at least 4 members (excludes halogenated alkanes) is 4. The molecule has 0 amide bonds. The Labute approximate surface area is 135 Å². The van der Waals surface area contributed by atoms with Crippen LogP contribution in [0.25, 0.3) is 0 Å². The zero-order valence-corrected chi connectivity index (χ0v) is 14.2. The molecule has 0 aliphatic heterocycles. The third-order valence-corrected chi connectivity index (χ3v) is 3.36. The summed E-state index contributed by atoms with van der Waals surface area (Å²) in [5.41, 5.74) is 0. The topological polar surface area (TPSA) is 46.5 Å². The maximum Gasteiger partial charge on any atom is 0.305 e. The predicted octanol–water partition coefficient (Wildman–Crippen LogP) is 4.72. The Morgan fingerprint density at radius 3 is 2.50 bits per heavy atom. The van der Waals surface area contributed by atoms with E-state index in [1.807, 2.05) is 18.2 Å². The molecule has 126 valence electrons. The van der Waals surface area contributed by atoms with E-state index in [9.17, 15) is 9.90 Å². The molecule has 0 aromatic rings. The van der Waals surface area contributed by atoms with Crippen molar-refractivity contribution in [1.29, 1.82) is 0 Å². The summed E-state index contributed by atoms with van der Waals surface area (Å²) in [4.78, 5) is 10.9. The molecule has 0 saturated heterocycles. The van der Waals surface area contributed by atoms with Crippen molar-refractivity contribution in [3.05, 3.63) is 36.5 Å². The molecule has 22 heavy (non-hydrogen) atoms. The van der Waals surface area contributed by atoms with Crippen molar-refractivity contribution >= 4 is 5.97 Å². The lowest BCUT2D eigenvalue weighted by Gasteiger charge is -2.05. The fourth-order valence-corrected chi connectivity index (χ4v) is 2.04. The number of carbonyl (C=O) groups excluding carboxylic acids is 1. The van der Waals surface area contributed by atoms with Gasteiger partial charge in [0, 0.05) is 6.42 Å². The van der Waals surface area contributed by atoms with E-state index >= 15 is 0 Å². The Balaban J connectivity index is 3.47. The number of methoxy groups -OCH3 is 1. The first-order valence-electron chi connectivity index (χ1n) is 8.44. The van der Waals surface area contributed by atoms with E-state index in [0.717, 1.165) is 51.4 Å². The Morgan fingerprint density at radius 1 is 1.05 bits per heavy atom. The minimum Gasteiger partial charge on any atom is -0.469 e. The summed E-state index contributed by atoms with van der Waals surface area (Å²) in [5.74, 6) is -0.126. The van der Waals surface area contributed by atoms with Crippen LogP contribution in [-0.2, 0) is 9.53 Å². The van der Waals surface area contributed by atoms with Crippen LogP contribution in [0.1, 0.15) is 64.7 Å². The molecule has 0 rings (SSSR count). The molecule has 0 aromatic carbocycles. The van der Waals surface area contributed by atoms with E-state index in [0.29, 0.717) is 6.42 Å². The number of allylic oxidation sites excluding steroid dienone is 5. The average Bonchev–Trinajstić information content (AvgIpc) is 2.52. The molecule has 0 aromatic heterocycles. The highest BCUT2D eigenvalue weighted by Gasteiger charge is 2.00. The molecule has 0 aliphatic rings. The van der Waals surface area contributed by atoms with E-state index in [4.69, 9.17) is 0 Å². The molecule has 0 heterocycles. The SMILES string of the molecule is CC/C=C\C/C=C\C=C\C(O)CCCCCCCC(=O)OC. The van der Waals surface area contributed by atoms with E-state index < -0.39 is 0 Å². The number of hydrogen-bond acceptors (Lipinski definition) is 3. The number of ether oxygens (including phenoxy) is 1. The van der Waals surface area contributed by atoms with Crippen LogP contribution in [0.5, 0.6) is 0 Å². The van der Waals surface area contributed by atoms with Gasteiger partial charge in [0.1, 0.15) is 0 Å². The van der Waals surface area contributed by atoms with Gasteiger partial charge >= 0.3 is 5.97 Å². The summed E-state index contributed by atoms with van der Waals surface area (Å²) in [6.45, 7) is 2.12. The lowest BCUT2D eigenvalue weighted by molar-refractivity contribution is -0.140. The predicted molar refractivity (Wildman–Crippen MR) is 92.7 cm³/mol. The molecule has 0 bridgehead atoms. The maximum atomic E-state index is 10.9. The summed E-state index contributed by atoms with van der Waals surface area (Å²) in [6.07, 6.45) is 20.3. The number of carbonyl (C=O) groups is 1. The van der Waals surface area contributed by atoms with Gasteiger partial charge in [-0.15, -0.1) is 0 Å². The van der Waals surface area contributed by atoms with Crippen LogP contribution >= 0.6 is 0 Å². The molecule has 0 saturated carbocycles. The standard InChI is InChI=1S/C19H32O3/c1-3-4-5-6-7-9-12-15-18(20)16-13-10-8-11-14-17-19(21)22-2/h4-5,7,9,12,15,18,20H,3,6,8,10-11,13-14,16-17H2,1-2H3/b5-4-,9-7-,15-12+. The number of aliphatic hydroxyl groups is 1. The van der Waals surface area contributed by atoms with Crippen molar-refractivity contribution in [3.8, 4) is 0 Å². The summed E-state index contributed by atoms with van der Waals surface area (Å²) in [6, 6.07) is 0. The highest BCUT2D eigenvalue weighted by Crippen LogP contribution is 2.09. The van der Waals surface area contributed by atoms with Gasteiger partial charge in [-0.25, -0.2) is 0 Å². The van der Waals surface area contributed by atoms with Crippen molar-refractivity contribution < 1.29 is 14.6 Å². The Bertz CT molecular complexity index is 343. The molecular formula is C19H32O3. The molecule has 0 fully saturated rings. The molecule has 3 nitrogen and oxygen atoms in total. The van der Waals surface area contributed by atoms with Crippen molar-refractivity contribution in [3.63, 3.8) is 0 Å². The first kappa shape index (κ1) is 20.6. The van der Waals surface area contributed by atoms with Gasteiger partial charge in [-0.1, -0.05) is 69.1 Å². The average molecular weight is 308 g/mol. The van der Waals surface area contributed by atoms with Crippen molar-refractivity contribution in [2.24, 2.45) is 0 Å². The Kier molecular flexibility index (Phi) is 15.0. The second-order valence-corrected chi connectivity index (χ2v) is 5.38. The summed E-state index contributed by atoms with van der Waals surface area (Å²) >= 11 is 0. The summed E-state index contributed by atoms with van der Waals surface area (Å²) in [5, 5.41) is 9.80. The van der Waals surface area contributed by atoms with Crippen molar-refractivity contribution in [1.82, 2.24) is 0 Å². The molecule has 1 N–H and O–H groups in total. The molecule has 0 aliphatic carbocycles. The van der Waals surface area contributed by atoms with Gasteiger partial charge < -0.3 is 9.84 Å². The molecule has 1 unspecified atom stereocenters. The molecule has 0 radical (unpaired) electrons. The van der Waals surface area contributed by atoms with Crippen LogP contribution in [0.3, 0.4) is 0 Å². The van der Waals surface area contributed by atoms with Crippen LogP contribution in [-0.4, -0.2) is 24.3 Å². The highest BCUT2D eigenvalue weighted by atomic mass is 16.5. The number of hydrogen-bond donors (Lipinski definition) is 1. The van der Waals surface area contributed by atoms with Gasteiger partial charge in [0.25, 0.3) is 0 Å². The fourth-order valence-electron chi connectivity index (χ4n) is 2.04. The van der Waals surface area contributed by atoms with Gasteiger partial charge in [0.05, 0.1) is 13.2 Å². The molecule has 3 heteroatoms. The largest absolute Gasteiger partial charge is 0.469 e. The summed E-state index contributed by atoms with van der Waals surface area (Å²) in [7, 11) is 1.42. The molecular weight excluding hydrogens is 276 g/mol. The number of rotatable bonds is 13.